The number of anilines is 1. The van der Waals surface area contributed by atoms with E-state index in [1.54, 1.807) is 6.92 Å². The number of nitriles is 1. The van der Waals surface area contributed by atoms with Gasteiger partial charge in [0.2, 0.25) is 11.8 Å². The van der Waals surface area contributed by atoms with Gasteiger partial charge in [0.25, 0.3) is 0 Å². The minimum atomic E-state index is -0.473. The molecule has 2 heterocycles. The van der Waals surface area contributed by atoms with Crippen LogP contribution in [-0.4, -0.2) is 22.2 Å². The van der Waals surface area contributed by atoms with Crippen LogP contribution in [0.25, 0.3) is 0 Å². The predicted octanol–water partition coefficient (Wildman–Crippen LogP) is 0.540. The molecule has 2 amide bonds. The Bertz CT molecular complexity index is 517. The SMILES string of the molecule is Cc1nsc(NC2CCC(=O)NC2=O)c1C#N. The molecule has 1 unspecified atom stereocenters. The van der Waals surface area contributed by atoms with Gasteiger partial charge in [0.15, 0.2) is 0 Å². The van der Waals surface area contributed by atoms with Gasteiger partial charge in [-0.15, -0.1) is 0 Å². The molecule has 0 bridgehead atoms. The molecule has 0 spiro atoms. The van der Waals surface area contributed by atoms with Gasteiger partial charge >= 0.3 is 0 Å². The Balaban J connectivity index is 2.14. The molecule has 0 aromatic carbocycles. The molecule has 1 aliphatic heterocycles. The lowest BCUT2D eigenvalue weighted by atomic mass is 10.1. The van der Waals surface area contributed by atoms with E-state index in [1.165, 1.54) is 0 Å². The minimum absolute atomic E-state index is 0.256. The first-order valence-corrected chi connectivity index (χ1v) is 5.85. The van der Waals surface area contributed by atoms with Gasteiger partial charge in [-0.1, -0.05) is 0 Å². The molecular weight excluding hydrogens is 240 g/mol. The quantitative estimate of drug-likeness (QED) is 0.747. The van der Waals surface area contributed by atoms with Gasteiger partial charge in [-0.3, -0.25) is 14.9 Å². The van der Waals surface area contributed by atoms with E-state index in [2.05, 4.69) is 15.0 Å². The van der Waals surface area contributed by atoms with E-state index in [4.69, 9.17) is 5.26 Å². The van der Waals surface area contributed by atoms with Crippen LogP contribution < -0.4 is 10.6 Å². The summed E-state index contributed by atoms with van der Waals surface area (Å²) in [7, 11) is 0. The molecule has 6 nitrogen and oxygen atoms in total. The second kappa shape index (κ2) is 4.51. The average Bonchev–Trinajstić information content (AvgIpc) is 2.63. The average molecular weight is 250 g/mol. The third-order valence-electron chi connectivity index (χ3n) is 2.52. The molecule has 1 aromatic heterocycles. The highest BCUT2D eigenvalue weighted by Gasteiger charge is 2.27. The highest BCUT2D eigenvalue weighted by Crippen LogP contribution is 2.25. The largest absolute Gasteiger partial charge is 0.363 e. The van der Waals surface area contributed by atoms with Crippen molar-refractivity contribution in [1.29, 1.82) is 5.26 Å². The standard InChI is InChI=1S/C10H10N4O2S/c1-5-6(4-11)10(17-14-5)12-7-2-3-8(15)13-9(7)16/h7,12H,2-3H2,1H3,(H,13,15,16). The van der Waals surface area contributed by atoms with Crippen molar-refractivity contribution in [3.8, 4) is 6.07 Å². The van der Waals surface area contributed by atoms with Gasteiger partial charge in [0.1, 0.15) is 22.7 Å². The lowest BCUT2D eigenvalue weighted by molar-refractivity contribution is -0.133. The second-order valence-electron chi connectivity index (χ2n) is 3.73. The van der Waals surface area contributed by atoms with Crippen LogP contribution in [0.3, 0.4) is 0 Å². The van der Waals surface area contributed by atoms with Crippen LogP contribution in [0.4, 0.5) is 5.00 Å². The smallest absolute Gasteiger partial charge is 0.249 e. The summed E-state index contributed by atoms with van der Waals surface area (Å²) in [6, 6.07) is 1.57. The molecule has 1 aliphatic rings. The number of nitrogens with one attached hydrogen (secondary N) is 2. The highest BCUT2D eigenvalue weighted by molar-refractivity contribution is 7.10. The predicted molar refractivity (Wildman–Crippen MR) is 61.4 cm³/mol. The molecule has 1 fully saturated rings. The number of amides is 2. The zero-order valence-corrected chi connectivity index (χ0v) is 9.93. The Kier molecular flexibility index (Phi) is 3.06. The number of piperidine rings is 1. The van der Waals surface area contributed by atoms with Crippen molar-refractivity contribution in [2.24, 2.45) is 0 Å². The van der Waals surface area contributed by atoms with E-state index in [0.29, 0.717) is 29.1 Å². The molecule has 0 radical (unpaired) electrons. The molecule has 1 aromatic rings. The molecule has 7 heteroatoms. The number of imide groups is 1. The van der Waals surface area contributed by atoms with Crippen molar-refractivity contribution in [2.75, 3.05) is 5.32 Å². The molecule has 88 valence electrons. The maximum Gasteiger partial charge on any atom is 0.249 e. The maximum atomic E-state index is 11.5. The van der Waals surface area contributed by atoms with Gasteiger partial charge in [-0.05, 0) is 24.9 Å². The molecular formula is C10H10N4O2S. The molecule has 1 atom stereocenters. The molecule has 17 heavy (non-hydrogen) atoms. The van der Waals surface area contributed by atoms with Gasteiger partial charge in [0, 0.05) is 6.42 Å². The van der Waals surface area contributed by atoms with Crippen LogP contribution in [0.1, 0.15) is 24.1 Å². The number of carbonyl (C=O) groups is 2. The van der Waals surface area contributed by atoms with Crippen molar-refractivity contribution >= 4 is 28.3 Å². The summed E-state index contributed by atoms with van der Waals surface area (Å²) in [4.78, 5) is 22.5. The summed E-state index contributed by atoms with van der Waals surface area (Å²) in [6.07, 6.45) is 0.746. The van der Waals surface area contributed by atoms with E-state index in [1.807, 2.05) is 6.07 Å². The fourth-order valence-electron chi connectivity index (χ4n) is 1.59. The molecule has 1 saturated heterocycles. The maximum absolute atomic E-state index is 11.5. The zero-order valence-electron chi connectivity index (χ0n) is 9.11. The fourth-order valence-corrected chi connectivity index (χ4v) is 2.39. The van der Waals surface area contributed by atoms with Crippen molar-refractivity contribution in [3.05, 3.63) is 11.3 Å². The first kappa shape index (κ1) is 11.5. The minimum Gasteiger partial charge on any atom is -0.363 e. The van der Waals surface area contributed by atoms with Crippen molar-refractivity contribution in [1.82, 2.24) is 9.69 Å². The summed E-state index contributed by atoms with van der Waals surface area (Å²) >= 11 is 1.15. The Morgan fingerprint density at radius 3 is 3.00 bits per heavy atom. The van der Waals surface area contributed by atoms with Crippen LogP contribution in [-0.2, 0) is 9.59 Å². The Hall–Kier alpha value is -1.94. The number of rotatable bonds is 2. The third kappa shape index (κ3) is 2.26. The number of nitrogens with zero attached hydrogens (tertiary/aromatic N) is 2. The second-order valence-corrected chi connectivity index (χ2v) is 4.51. The first-order valence-electron chi connectivity index (χ1n) is 5.08. The summed E-state index contributed by atoms with van der Waals surface area (Å²) < 4.78 is 4.05. The number of hydrogen-bond acceptors (Lipinski definition) is 6. The monoisotopic (exact) mass is 250 g/mol. The van der Waals surface area contributed by atoms with Crippen molar-refractivity contribution < 1.29 is 9.59 Å². The van der Waals surface area contributed by atoms with Crippen molar-refractivity contribution in [2.45, 2.75) is 25.8 Å². The Labute approximate surface area is 102 Å². The summed E-state index contributed by atoms with van der Waals surface area (Å²) in [5.41, 5.74) is 1.10. The van der Waals surface area contributed by atoms with Crippen LogP contribution in [0.5, 0.6) is 0 Å². The summed E-state index contributed by atoms with van der Waals surface area (Å²) in [5.74, 6) is -0.606. The third-order valence-corrected chi connectivity index (χ3v) is 3.39. The normalized spacial score (nSPS) is 19.6. The summed E-state index contributed by atoms with van der Waals surface area (Å²) in [5, 5.41) is 14.7. The topological polar surface area (TPSA) is 94.9 Å². The fraction of sp³-hybridized carbons (Fsp3) is 0.400. The van der Waals surface area contributed by atoms with Gasteiger partial charge < -0.3 is 5.32 Å². The first-order chi connectivity index (χ1) is 8.11. The van der Waals surface area contributed by atoms with Crippen LogP contribution in [0.15, 0.2) is 0 Å². The number of carbonyl (C=O) groups excluding carboxylic acids is 2. The molecule has 0 saturated carbocycles. The van der Waals surface area contributed by atoms with Gasteiger partial charge in [-0.2, -0.15) is 9.64 Å². The molecule has 0 aliphatic carbocycles. The Morgan fingerprint density at radius 1 is 1.59 bits per heavy atom. The zero-order chi connectivity index (χ0) is 12.4. The van der Waals surface area contributed by atoms with E-state index < -0.39 is 6.04 Å². The highest BCUT2D eigenvalue weighted by atomic mass is 32.1. The van der Waals surface area contributed by atoms with Crippen LogP contribution >= 0.6 is 11.5 Å². The Morgan fingerprint density at radius 2 is 2.35 bits per heavy atom. The van der Waals surface area contributed by atoms with Crippen LogP contribution in [0.2, 0.25) is 0 Å². The number of aromatic nitrogens is 1. The van der Waals surface area contributed by atoms with Crippen molar-refractivity contribution in [3.63, 3.8) is 0 Å². The van der Waals surface area contributed by atoms with E-state index >= 15 is 0 Å². The number of hydrogen-bond donors (Lipinski definition) is 2. The molecule has 2 N–H and O–H groups in total. The van der Waals surface area contributed by atoms with Gasteiger partial charge in [-0.25, -0.2) is 0 Å². The lowest BCUT2D eigenvalue weighted by Crippen LogP contribution is -2.47. The number of aryl methyl sites for hydroxylation is 1. The van der Waals surface area contributed by atoms with E-state index in [0.717, 1.165) is 11.5 Å². The molecule has 2 rings (SSSR count). The lowest BCUT2D eigenvalue weighted by Gasteiger charge is -2.21. The van der Waals surface area contributed by atoms with E-state index in [-0.39, 0.29) is 11.8 Å². The van der Waals surface area contributed by atoms with E-state index in [9.17, 15) is 9.59 Å². The summed E-state index contributed by atoms with van der Waals surface area (Å²) in [6.45, 7) is 1.74. The van der Waals surface area contributed by atoms with Gasteiger partial charge in [0.05, 0.1) is 5.69 Å². The van der Waals surface area contributed by atoms with Crippen LogP contribution in [0, 0.1) is 18.3 Å².